The number of carbonyl (C=O) groups is 1. The fourth-order valence-electron chi connectivity index (χ4n) is 1.63. The molecule has 90 valence electrons. The van der Waals surface area contributed by atoms with Gasteiger partial charge in [-0.25, -0.2) is 0 Å². The van der Waals surface area contributed by atoms with E-state index in [0.29, 0.717) is 11.3 Å². The van der Waals surface area contributed by atoms with Gasteiger partial charge in [-0.1, -0.05) is 0 Å². The van der Waals surface area contributed by atoms with Crippen molar-refractivity contribution < 1.29 is 9.53 Å². The molecule has 0 radical (unpaired) electrons. The minimum atomic E-state index is -0.551. The van der Waals surface area contributed by atoms with Crippen molar-refractivity contribution in [2.45, 2.75) is 26.9 Å². The Kier molecular flexibility index (Phi) is 4.11. The average molecular weight is 232 g/mol. The SMILES string of the molecule is CNC(=O)C(C)Oc1c(C)cc(C#N)cc1C. The molecule has 0 spiro atoms. The number of aryl methyl sites for hydroxylation is 2. The molecule has 0 aliphatic carbocycles. The molecular weight excluding hydrogens is 216 g/mol. The van der Waals surface area contributed by atoms with Crippen LogP contribution in [0.3, 0.4) is 0 Å². The first kappa shape index (κ1) is 13.0. The first-order chi connectivity index (χ1) is 7.99. The molecule has 0 aliphatic heterocycles. The molecule has 0 heterocycles. The lowest BCUT2D eigenvalue weighted by molar-refractivity contribution is -0.126. The molecule has 0 saturated heterocycles. The van der Waals surface area contributed by atoms with Gasteiger partial charge < -0.3 is 10.1 Å². The van der Waals surface area contributed by atoms with Crippen LogP contribution in [0.1, 0.15) is 23.6 Å². The van der Waals surface area contributed by atoms with Crippen LogP contribution in [0.2, 0.25) is 0 Å². The Balaban J connectivity index is 3.00. The number of carbonyl (C=O) groups excluding carboxylic acids is 1. The predicted octanol–water partition coefficient (Wildman–Crippen LogP) is 1.69. The maximum atomic E-state index is 11.4. The zero-order valence-corrected chi connectivity index (χ0v) is 10.5. The number of amides is 1. The Morgan fingerprint density at radius 2 is 1.94 bits per heavy atom. The second kappa shape index (κ2) is 5.35. The predicted molar refractivity (Wildman–Crippen MR) is 64.8 cm³/mol. The molecule has 0 aliphatic rings. The summed E-state index contributed by atoms with van der Waals surface area (Å²) in [6, 6.07) is 5.59. The Morgan fingerprint density at radius 3 is 2.35 bits per heavy atom. The molecule has 4 nitrogen and oxygen atoms in total. The molecule has 1 atom stereocenters. The van der Waals surface area contributed by atoms with Gasteiger partial charge in [-0.15, -0.1) is 0 Å². The molecule has 17 heavy (non-hydrogen) atoms. The third kappa shape index (κ3) is 2.97. The van der Waals surface area contributed by atoms with E-state index in [0.717, 1.165) is 11.1 Å². The Labute approximate surface area is 101 Å². The summed E-state index contributed by atoms with van der Waals surface area (Å²) in [5.74, 6) is 0.494. The zero-order valence-electron chi connectivity index (χ0n) is 10.5. The van der Waals surface area contributed by atoms with Crippen molar-refractivity contribution in [3.63, 3.8) is 0 Å². The van der Waals surface area contributed by atoms with E-state index in [9.17, 15) is 4.79 Å². The molecule has 1 unspecified atom stereocenters. The van der Waals surface area contributed by atoms with Crippen LogP contribution in [0.15, 0.2) is 12.1 Å². The number of nitriles is 1. The van der Waals surface area contributed by atoms with Crippen LogP contribution in [0.25, 0.3) is 0 Å². The smallest absolute Gasteiger partial charge is 0.260 e. The monoisotopic (exact) mass is 232 g/mol. The summed E-state index contributed by atoms with van der Waals surface area (Å²) in [7, 11) is 1.57. The molecule has 1 aromatic rings. The van der Waals surface area contributed by atoms with Gasteiger partial charge in [0.25, 0.3) is 5.91 Å². The maximum absolute atomic E-state index is 11.4. The molecule has 0 saturated carbocycles. The van der Waals surface area contributed by atoms with Crippen LogP contribution in [-0.2, 0) is 4.79 Å². The Bertz CT molecular complexity index is 452. The summed E-state index contributed by atoms with van der Waals surface area (Å²) in [4.78, 5) is 11.4. The van der Waals surface area contributed by atoms with Gasteiger partial charge in [0.2, 0.25) is 0 Å². The van der Waals surface area contributed by atoms with Crippen molar-refractivity contribution in [1.82, 2.24) is 5.32 Å². The molecule has 1 rings (SSSR count). The van der Waals surface area contributed by atoms with E-state index in [1.54, 1.807) is 26.1 Å². The molecule has 1 amide bonds. The van der Waals surface area contributed by atoms with E-state index in [1.165, 1.54) is 0 Å². The zero-order chi connectivity index (χ0) is 13.0. The first-order valence-electron chi connectivity index (χ1n) is 5.39. The molecule has 0 bridgehead atoms. The lowest BCUT2D eigenvalue weighted by atomic mass is 10.1. The molecule has 0 fully saturated rings. The third-order valence-electron chi connectivity index (χ3n) is 2.50. The van der Waals surface area contributed by atoms with Gasteiger partial charge in [-0.05, 0) is 44.0 Å². The summed E-state index contributed by atoms with van der Waals surface area (Å²) >= 11 is 0. The standard InChI is InChI=1S/C13H16N2O2/c1-8-5-11(7-14)6-9(2)12(8)17-10(3)13(16)15-4/h5-6,10H,1-4H3,(H,15,16). The highest BCUT2D eigenvalue weighted by molar-refractivity contribution is 5.80. The van der Waals surface area contributed by atoms with Gasteiger partial charge in [0, 0.05) is 7.05 Å². The number of rotatable bonds is 3. The van der Waals surface area contributed by atoms with Crippen molar-refractivity contribution in [2.75, 3.05) is 7.05 Å². The summed E-state index contributed by atoms with van der Waals surface area (Å²) in [5, 5.41) is 11.4. The highest BCUT2D eigenvalue weighted by Gasteiger charge is 2.15. The van der Waals surface area contributed by atoms with Crippen molar-refractivity contribution in [2.24, 2.45) is 0 Å². The van der Waals surface area contributed by atoms with Gasteiger partial charge >= 0.3 is 0 Å². The van der Waals surface area contributed by atoms with Gasteiger partial charge in [-0.2, -0.15) is 5.26 Å². The molecular formula is C13H16N2O2. The number of benzene rings is 1. The Morgan fingerprint density at radius 1 is 1.41 bits per heavy atom. The number of hydrogen-bond donors (Lipinski definition) is 1. The normalized spacial score (nSPS) is 11.5. The fourth-order valence-corrected chi connectivity index (χ4v) is 1.63. The highest BCUT2D eigenvalue weighted by Crippen LogP contribution is 2.25. The molecule has 4 heteroatoms. The lowest BCUT2D eigenvalue weighted by Crippen LogP contribution is -2.34. The Hall–Kier alpha value is -2.02. The van der Waals surface area contributed by atoms with E-state index < -0.39 is 6.10 Å². The quantitative estimate of drug-likeness (QED) is 0.862. The van der Waals surface area contributed by atoms with Gasteiger partial charge in [0.1, 0.15) is 5.75 Å². The number of likely N-dealkylation sites (N-methyl/N-ethyl adjacent to an activating group) is 1. The van der Waals surface area contributed by atoms with Crippen molar-refractivity contribution >= 4 is 5.91 Å². The van der Waals surface area contributed by atoms with E-state index >= 15 is 0 Å². The van der Waals surface area contributed by atoms with Crippen LogP contribution in [0.4, 0.5) is 0 Å². The first-order valence-corrected chi connectivity index (χ1v) is 5.39. The van der Waals surface area contributed by atoms with Crippen LogP contribution in [0, 0.1) is 25.2 Å². The van der Waals surface area contributed by atoms with Gasteiger partial charge in [-0.3, -0.25) is 4.79 Å². The number of nitrogens with one attached hydrogen (secondary N) is 1. The number of ether oxygens (including phenoxy) is 1. The largest absolute Gasteiger partial charge is 0.480 e. The van der Waals surface area contributed by atoms with Crippen LogP contribution < -0.4 is 10.1 Å². The van der Waals surface area contributed by atoms with Gasteiger partial charge in [0.05, 0.1) is 11.6 Å². The van der Waals surface area contributed by atoms with Crippen molar-refractivity contribution in [1.29, 1.82) is 5.26 Å². The average Bonchev–Trinajstić information content (AvgIpc) is 2.31. The fraction of sp³-hybridized carbons (Fsp3) is 0.385. The maximum Gasteiger partial charge on any atom is 0.260 e. The highest BCUT2D eigenvalue weighted by atomic mass is 16.5. The van der Waals surface area contributed by atoms with Crippen molar-refractivity contribution in [3.05, 3.63) is 28.8 Å². The minimum Gasteiger partial charge on any atom is -0.480 e. The molecule has 0 aromatic heterocycles. The number of nitrogens with zero attached hydrogens (tertiary/aromatic N) is 1. The summed E-state index contributed by atoms with van der Waals surface area (Å²) in [6.45, 7) is 5.41. The van der Waals surface area contributed by atoms with E-state index in [-0.39, 0.29) is 5.91 Å². The van der Waals surface area contributed by atoms with Gasteiger partial charge in [0.15, 0.2) is 6.10 Å². The third-order valence-corrected chi connectivity index (χ3v) is 2.50. The topological polar surface area (TPSA) is 62.1 Å². The summed E-state index contributed by atoms with van der Waals surface area (Å²) in [6.07, 6.45) is -0.551. The number of hydrogen-bond acceptors (Lipinski definition) is 3. The molecule has 1 N–H and O–H groups in total. The lowest BCUT2D eigenvalue weighted by Gasteiger charge is -2.17. The van der Waals surface area contributed by atoms with E-state index in [2.05, 4.69) is 11.4 Å². The summed E-state index contributed by atoms with van der Waals surface area (Å²) < 4.78 is 5.61. The molecule has 1 aromatic carbocycles. The van der Waals surface area contributed by atoms with Crippen LogP contribution in [0.5, 0.6) is 5.75 Å². The second-order valence-electron chi connectivity index (χ2n) is 3.93. The van der Waals surface area contributed by atoms with Crippen molar-refractivity contribution in [3.8, 4) is 11.8 Å². The second-order valence-corrected chi connectivity index (χ2v) is 3.93. The summed E-state index contributed by atoms with van der Waals surface area (Å²) in [5.41, 5.74) is 2.31. The van der Waals surface area contributed by atoms with E-state index in [4.69, 9.17) is 10.00 Å². The van der Waals surface area contributed by atoms with Crippen LogP contribution >= 0.6 is 0 Å². The van der Waals surface area contributed by atoms with E-state index in [1.807, 2.05) is 13.8 Å². The van der Waals surface area contributed by atoms with Crippen LogP contribution in [-0.4, -0.2) is 19.1 Å². The minimum absolute atomic E-state index is 0.173.